The molecule has 1 amide bonds. The van der Waals surface area contributed by atoms with Gasteiger partial charge in [-0.1, -0.05) is 0 Å². The van der Waals surface area contributed by atoms with Crippen molar-refractivity contribution in [1.82, 2.24) is 0 Å². The number of amides is 1. The first-order valence-corrected chi connectivity index (χ1v) is 7.44. The molecule has 2 rings (SSSR count). The fourth-order valence-corrected chi connectivity index (χ4v) is 2.49. The van der Waals surface area contributed by atoms with Gasteiger partial charge in [-0.3, -0.25) is 9.59 Å². The van der Waals surface area contributed by atoms with Crippen LogP contribution in [0.5, 0.6) is 5.75 Å². The van der Waals surface area contributed by atoms with E-state index < -0.39 is 0 Å². The van der Waals surface area contributed by atoms with E-state index in [2.05, 4.69) is 10.1 Å². The zero-order valence-electron chi connectivity index (χ0n) is 12.7. The summed E-state index contributed by atoms with van der Waals surface area (Å²) in [5.74, 6) is 0.363. The Morgan fingerprint density at radius 1 is 1.27 bits per heavy atom. The lowest BCUT2D eigenvalue weighted by Crippen LogP contribution is -2.23. The molecular weight excluding hydrogens is 284 g/mol. The third kappa shape index (κ3) is 4.73. The van der Waals surface area contributed by atoms with E-state index in [1.165, 1.54) is 7.11 Å². The van der Waals surface area contributed by atoms with Crippen LogP contribution < -0.4 is 15.8 Å². The highest BCUT2D eigenvalue weighted by Crippen LogP contribution is 2.26. The topological polar surface area (TPSA) is 90.6 Å². The van der Waals surface area contributed by atoms with Crippen LogP contribution in [0, 0.1) is 5.92 Å². The number of esters is 1. The monoisotopic (exact) mass is 306 g/mol. The van der Waals surface area contributed by atoms with Gasteiger partial charge in [-0.2, -0.15) is 0 Å². The quantitative estimate of drug-likeness (QED) is 0.781. The summed E-state index contributed by atoms with van der Waals surface area (Å²) in [7, 11) is 1.34. The number of benzene rings is 1. The van der Waals surface area contributed by atoms with Crippen molar-refractivity contribution in [3.8, 4) is 5.75 Å². The highest BCUT2D eigenvalue weighted by molar-refractivity contribution is 5.92. The largest absolute Gasteiger partial charge is 0.493 e. The Kier molecular flexibility index (Phi) is 5.77. The molecule has 3 N–H and O–H groups in total. The van der Waals surface area contributed by atoms with E-state index in [9.17, 15) is 9.59 Å². The number of hydrogen-bond acceptors (Lipinski definition) is 5. The predicted molar refractivity (Wildman–Crippen MR) is 82.5 cm³/mol. The molecule has 1 aliphatic rings. The minimum Gasteiger partial charge on any atom is -0.493 e. The molecule has 0 saturated heterocycles. The van der Waals surface area contributed by atoms with Crippen LogP contribution in [0.3, 0.4) is 0 Å². The minimum absolute atomic E-state index is 0.00554. The Morgan fingerprint density at radius 2 is 2.00 bits per heavy atom. The van der Waals surface area contributed by atoms with Crippen molar-refractivity contribution in [3.05, 3.63) is 24.3 Å². The van der Waals surface area contributed by atoms with Gasteiger partial charge in [0.2, 0.25) is 5.91 Å². The molecule has 0 aromatic heterocycles. The minimum atomic E-state index is -0.307. The highest BCUT2D eigenvalue weighted by Gasteiger charge is 2.27. The average Bonchev–Trinajstić information content (AvgIpc) is 2.95. The molecule has 6 nitrogen and oxygen atoms in total. The van der Waals surface area contributed by atoms with Crippen molar-refractivity contribution in [2.75, 3.05) is 19.0 Å². The summed E-state index contributed by atoms with van der Waals surface area (Å²) in [4.78, 5) is 23.0. The second-order valence-electron chi connectivity index (χ2n) is 5.46. The molecule has 1 aromatic rings. The van der Waals surface area contributed by atoms with Crippen LogP contribution in [0.1, 0.15) is 25.7 Å². The fraction of sp³-hybridized carbons (Fsp3) is 0.500. The molecule has 22 heavy (non-hydrogen) atoms. The number of anilines is 1. The van der Waals surface area contributed by atoms with E-state index >= 15 is 0 Å². The van der Waals surface area contributed by atoms with Crippen LogP contribution in [0.2, 0.25) is 0 Å². The van der Waals surface area contributed by atoms with Gasteiger partial charge in [-0.15, -0.1) is 0 Å². The molecule has 2 atom stereocenters. The van der Waals surface area contributed by atoms with Crippen molar-refractivity contribution in [1.29, 1.82) is 0 Å². The van der Waals surface area contributed by atoms with Gasteiger partial charge >= 0.3 is 5.97 Å². The Hall–Kier alpha value is -2.08. The standard InChI is InChI=1S/C16H22N2O4/c1-21-15(19)8-9-22-14-6-4-13(5-7-14)18-16(20)11-2-3-12(17)10-11/h4-7,11-12H,2-3,8-10,17H2,1H3,(H,18,20). The molecular formula is C16H22N2O4. The van der Waals surface area contributed by atoms with Gasteiger partial charge in [0.05, 0.1) is 20.1 Å². The maximum atomic E-state index is 12.1. The van der Waals surface area contributed by atoms with E-state index in [1.54, 1.807) is 24.3 Å². The summed E-state index contributed by atoms with van der Waals surface area (Å²) in [6.07, 6.45) is 2.71. The molecule has 120 valence electrons. The molecule has 0 bridgehead atoms. The summed E-state index contributed by atoms with van der Waals surface area (Å²) in [5.41, 5.74) is 6.55. The smallest absolute Gasteiger partial charge is 0.308 e. The first kappa shape index (κ1) is 16.3. The Morgan fingerprint density at radius 3 is 2.59 bits per heavy atom. The van der Waals surface area contributed by atoms with Gasteiger partial charge in [0.1, 0.15) is 5.75 Å². The maximum absolute atomic E-state index is 12.1. The van der Waals surface area contributed by atoms with E-state index in [-0.39, 0.29) is 36.9 Å². The molecule has 0 spiro atoms. The van der Waals surface area contributed by atoms with Gasteiger partial charge in [0, 0.05) is 17.6 Å². The average molecular weight is 306 g/mol. The van der Waals surface area contributed by atoms with Crippen LogP contribution >= 0.6 is 0 Å². The van der Waals surface area contributed by atoms with Crippen LogP contribution in [-0.4, -0.2) is 31.6 Å². The van der Waals surface area contributed by atoms with E-state index in [4.69, 9.17) is 10.5 Å². The number of carbonyl (C=O) groups excluding carboxylic acids is 2. The number of ether oxygens (including phenoxy) is 2. The molecule has 1 saturated carbocycles. The summed E-state index contributed by atoms with van der Waals surface area (Å²) < 4.78 is 9.95. The summed E-state index contributed by atoms with van der Waals surface area (Å²) in [6, 6.07) is 7.21. The van der Waals surface area contributed by atoms with Gasteiger partial charge in [-0.05, 0) is 43.5 Å². The number of methoxy groups -OCH3 is 1. The van der Waals surface area contributed by atoms with Gasteiger partial charge in [0.15, 0.2) is 0 Å². The molecule has 0 heterocycles. The Labute approximate surface area is 130 Å². The Bertz CT molecular complexity index is 515. The number of nitrogens with two attached hydrogens (primary N) is 1. The van der Waals surface area contributed by atoms with Crippen LogP contribution in [-0.2, 0) is 14.3 Å². The fourth-order valence-electron chi connectivity index (χ4n) is 2.49. The summed E-state index contributed by atoms with van der Waals surface area (Å²) in [5, 5.41) is 2.89. The molecule has 0 radical (unpaired) electrons. The maximum Gasteiger partial charge on any atom is 0.308 e. The van der Waals surface area contributed by atoms with E-state index in [0.29, 0.717) is 5.75 Å². The zero-order valence-corrected chi connectivity index (χ0v) is 12.7. The first-order chi connectivity index (χ1) is 10.6. The third-order valence-electron chi connectivity index (χ3n) is 3.77. The van der Waals surface area contributed by atoms with Crippen LogP contribution in [0.15, 0.2) is 24.3 Å². The van der Waals surface area contributed by atoms with Crippen molar-refractivity contribution < 1.29 is 19.1 Å². The lowest BCUT2D eigenvalue weighted by molar-refractivity contribution is -0.141. The lowest BCUT2D eigenvalue weighted by atomic mass is 10.1. The van der Waals surface area contributed by atoms with Crippen molar-refractivity contribution in [2.45, 2.75) is 31.7 Å². The van der Waals surface area contributed by atoms with E-state index in [0.717, 1.165) is 24.9 Å². The SMILES string of the molecule is COC(=O)CCOc1ccc(NC(=O)C2CCC(N)C2)cc1. The van der Waals surface area contributed by atoms with Crippen LogP contribution in [0.25, 0.3) is 0 Å². The zero-order chi connectivity index (χ0) is 15.9. The highest BCUT2D eigenvalue weighted by atomic mass is 16.5. The van der Waals surface area contributed by atoms with Crippen LogP contribution in [0.4, 0.5) is 5.69 Å². The Balaban J connectivity index is 1.79. The van der Waals surface area contributed by atoms with Crippen molar-refractivity contribution >= 4 is 17.6 Å². The number of hydrogen-bond donors (Lipinski definition) is 2. The van der Waals surface area contributed by atoms with E-state index in [1.807, 2.05) is 0 Å². The van der Waals surface area contributed by atoms with Crippen molar-refractivity contribution in [3.63, 3.8) is 0 Å². The van der Waals surface area contributed by atoms with Gasteiger partial charge in [0.25, 0.3) is 0 Å². The summed E-state index contributed by atoms with van der Waals surface area (Å²) in [6.45, 7) is 0.262. The van der Waals surface area contributed by atoms with Gasteiger partial charge < -0.3 is 20.5 Å². The van der Waals surface area contributed by atoms with Gasteiger partial charge in [-0.25, -0.2) is 0 Å². The second kappa shape index (κ2) is 7.79. The number of rotatable bonds is 6. The first-order valence-electron chi connectivity index (χ1n) is 7.44. The molecule has 1 aliphatic carbocycles. The number of carbonyl (C=O) groups is 2. The van der Waals surface area contributed by atoms with Crippen molar-refractivity contribution in [2.24, 2.45) is 11.7 Å². The third-order valence-corrected chi connectivity index (χ3v) is 3.77. The molecule has 2 unspecified atom stereocenters. The number of nitrogens with one attached hydrogen (secondary N) is 1. The molecule has 0 aliphatic heterocycles. The lowest BCUT2D eigenvalue weighted by Gasteiger charge is -2.11. The normalized spacial score (nSPS) is 20.5. The molecule has 1 aromatic carbocycles. The second-order valence-corrected chi connectivity index (χ2v) is 5.46. The predicted octanol–water partition coefficient (Wildman–Crippen LogP) is 1.69. The summed E-state index contributed by atoms with van der Waals surface area (Å²) >= 11 is 0. The molecule has 6 heteroatoms. The molecule has 1 fully saturated rings.